The molecule has 0 aliphatic heterocycles. The standard InChI is InChI=1S/C7H8N2OS/c8-7(11)5-10-6-2-1-3-9-4-6/h1-4H,5H2,(H2,8,11). The third-order valence-electron chi connectivity index (χ3n) is 1.02. The Morgan fingerprint density at radius 3 is 3.09 bits per heavy atom. The number of hydrogen-bond donors (Lipinski definition) is 1. The second-order valence-electron chi connectivity index (χ2n) is 1.94. The van der Waals surface area contributed by atoms with Crippen molar-refractivity contribution in [1.29, 1.82) is 0 Å². The number of aromatic nitrogens is 1. The van der Waals surface area contributed by atoms with E-state index in [1.165, 1.54) is 0 Å². The summed E-state index contributed by atoms with van der Waals surface area (Å²) in [4.78, 5) is 4.20. The van der Waals surface area contributed by atoms with Gasteiger partial charge in [-0.1, -0.05) is 12.2 Å². The predicted molar refractivity (Wildman–Crippen MR) is 46.5 cm³/mol. The number of rotatable bonds is 3. The van der Waals surface area contributed by atoms with Gasteiger partial charge in [-0.15, -0.1) is 0 Å². The summed E-state index contributed by atoms with van der Waals surface area (Å²) >= 11 is 4.63. The van der Waals surface area contributed by atoms with Gasteiger partial charge in [-0.05, 0) is 12.1 Å². The van der Waals surface area contributed by atoms with Crippen molar-refractivity contribution < 1.29 is 4.74 Å². The third-order valence-corrected chi connectivity index (χ3v) is 1.13. The van der Waals surface area contributed by atoms with Crippen LogP contribution in [0, 0.1) is 0 Å². The summed E-state index contributed by atoms with van der Waals surface area (Å²) in [5, 5.41) is 0. The normalized spacial score (nSPS) is 9.09. The van der Waals surface area contributed by atoms with E-state index in [9.17, 15) is 0 Å². The van der Waals surface area contributed by atoms with E-state index in [0.29, 0.717) is 10.7 Å². The van der Waals surface area contributed by atoms with Crippen molar-refractivity contribution in [3.05, 3.63) is 24.5 Å². The Hall–Kier alpha value is -1.16. The molecular formula is C7H8N2OS. The van der Waals surface area contributed by atoms with E-state index in [4.69, 9.17) is 10.5 Å². The van der Waals surface area contributed by atoms with Crippen molar-refractivity contribution in [2.45, 2.75) is 0 Å². The maximum absolute atomic E-state index is 5.23. The summed E-state index contributed by atoms with van der Waals surface area (Å²) in [6.45, 7) is 0.265. The summed E-state index contributed by atoms with van der Waals surface area (Å²) in [6, 6.07) is 3.58. The van der Waals surface area contributed by atoms with Gasteiger partial charge >= 0.3 is 0 Å². The van der Waals surface area contributed by atoms with E-state index in [0.717, 1.165) is 0 Å². The second-order valence-corrected chi connectivity index (χ2v) is 2.47. The van der Waals surface area contributed by atoms with Gasteiger partial charge in [0.25, 0.3) is 0 Å². The SMILES string of the molecule is NC(=S)COc1cccnc1. The molecule has 0 aromatic carbocycles. The van der Waals surface area contributed by atoms with E-state index in [2.05, 4.69) is 17.2 Å². The van der Waals surface area contributed by atoms with E-state index in [1.54, 1.807) is 24.5 Å². The molecular weight excluding hydrogens is 160 g/mol. The van der Waals surface area contributed by atoms with Gasteiger partial charge in [0.05, 0.1) is 6.20 Å². The Balaban J connectivity index is 2.45. The Morgan fingerprint density at radius 1 is 1.73 bits per heavy atom. The lowest BCUT2D eigenvalue weighted by molar-refractivity contribution is 0.376. The van der Waals surface area contributed by atoms with Crippen LogP contribution < -0.4 is 10.5 Å². The molecule has 1 rings (SSSR count). The number of hydrogen-bond acceptors (Lipinski definition) is 3. The zero-order valence-electron chi connectivity index (χ0n) is 5.86. The van der Waals surface area contributed by atoms with Gasteiger partial charge in [0, 0.05) is 6.20 Å². The van der Waals surface area contributed by atoms with Crippen LogP contribution in [0.3, 0.4) is 0 Å². The molecule has 0 amide bonds. The predicted octanol–water partition coefficient (Wildman–Crippen LogP) is 0.746. The monoisotopic (exact) mass is 168 g/mol. The molecule has 1 aromatic heterocycles. The van der Waals surface area contributed by atoms with Crippen LogP contribution in [0.1, 0.15) is 0 Å². The van der Waals surface area contributed by atoms with Gasteiger partial charge in [0.1, 0.15) is 17.3 Å². The smallest absolute Gasteiger partial charge is 0.138 e. The average Bonchev–Trinajstić information content (AvgIpc) is 2.03. The van der Waals surface area contributed by atoms with E-state index in [-0.39, 0.29) is 6.61 Å². The maximum Gasteiger partial charge on any atom is 0.138 e. The second kappa shape index (κ2) is 3.88. The fourth-order valence-electron chi connectivity index (χ4n) is 0.587. The maximum atomic E-state index is 5.23. The zero-order valence-corrected chi connectivity index (χ0v) is 6.67. The van der Waals surface area contributed by atoms with E-state index < -0.39 is 0 Å². The molecule has 11 heavy (non-hydrogen) atoms. The highest BCUT2D eigenvalue weighted by molar-refractivity contribution is 7.80. The first-order valence-electron chi connectivity index (χ1n) is 3.10. The number of thiocarbonyl (C=S) groups is 1. The average molecular weight is 168 g/mol. The molecule has 0 fully saturated rings. The molecule has 4 heteroatoms. The van der Waals surface area contributed by atoms with Gasteiger partial charge in [0.2, 0.25) is 0 Å². The van der Waals surface area contributed by atoms with Crippen molar-refractivity contribution in [3.63, 3.8) is 0 Å². The van der Waals surface area contributed by atoms with E-state index in [1.807, 2.05) is 0 Å². The van der Waals surface area contributed by atoms with Crippen molar-refractivity contribution in [1.82, 2.24) is 4.98 Å². The van der Waals surface area contributed by atoms with Crippen LogP contribution in [0.4, 0.5) is 0 Å². The Bertz CT molecular complexity index is 237. The minimum absolute atomic E-state index is 0.265. The lowest BCUT2D eigenvalue weighted by Gasteiger charge is -2.01. The van der Waals surface area contributed by atoms with Crippen LogP contribution in [0.15, 0.2) is 24.5 Å². The summed E-state index contributed by atoms with van der Waals surface area (Å²) in [6.07, 6.45) is 3.28. The van der Waals surface area contributed by atoms with Crippen molar-refractivity contribution in [3.8, 4) is 5.75 Å². The van der Waals surface area contributed by atoms with Crippen molar-refractivity contribution in [2.24, 2.45) is 5.73 Å². The molecule has 0 atom stereocenters. The van der Waals surface area contributed by atoms with Crippen LogP contribution in [0.5, 0.6) is 5.75 Å². The molecule has 0 aliphatic carbocycles. The topological polar surface area (TPSA) is 48.1 Å². The molecule has 0 saturated heterocycles. The van der Waals surface area contributed by atoms with Gasteiger partial charge in [-0.2, -0.15) is 0 Å². The molecule has 1 heterocycles. The zero-order chi connectivity index (χ0) is 8.10. The van der Waals surface area contributed by atoms with Crippen LogP contribution >= 0.6 is 12.2 Å². The third kappa shape index (κ3) is 2.95. The minimum Gasteiger partial charge on any atom is -0.485 e. The summed E-state index contributed by atoms with van der Waals surface area (Å²) < 4.78 is 5.14. The highest BCUT2D eigenvalue weighted by atomic mass is 32.1. The molecule has 3 nitrogen and oxygen atoms in total. The van der Waals surface area contributed by atoms with Crippen LogP contribution in [0.25, 0.3) is 0 Å². The first kappa shape index (κ1) is 7.94. The number of ether oxygens (including phenoxy) is 1. The minimum atomic E-state index is 0.265. The van der Waals surface area contributed by atoms with Gasteiger partial charge in [0.15, 0.2) is 0 Å². The highest BCUT2D eigenvalue weighted by Gasteiger charge is 1.91. The Labute approximate surface area is 70.2 Å². The molecule has 0 bridgehead atoms. The number of pyridine rings is 1. The molecule has 0 radical (unpaired) electrons. The molecule has 0 saturated carbocycles. The molecule has 0 unspecified atom stereocenters. The van der Waals surface area contributed by atoms with Crippen LogP contribution in [0.2, 0.25) is 0 Å². The van der Waals surface area contributed by atoms with Gasteiger partial charge < -0.3 is 10.5 Å². The molecule has 1 aromatic rings. The van der Waals surface area contributed by atoms with Crippen molar-refractivity contribution >= 4 is 17.2 Å². The molecule has 0 spiro atoms. The lowest BCUT2D eigenvalue weighted by Crippen LogP contribution is -2.17. The Morgan fingerprint density at radius 2 is 2.55 bits per heavy atom. The van der Waals surface area contributed by atoms with Gasteiger partial charge in [-0.25, -0.2) is 0 Å². The lowest BCUT2D eigenvalue weighted by atomic mass is 10.5. The van der Waals surface area contributed by atoms with E-state index >= 15 is 0 Å². The van der Waals surface area contributed by atoms with Crippen LogP contribution in [-0.2, 0) is 0 Å². The Kier molecular flexibility index (Phi) is 2.80. The summed E-state index contributed by atoms with van der Waals surface area (Å²) in [5.41, 5.74) is 5.23. The van der Waals surface area contributed by atoms with Crippen LogP contribution in [-0.4, -0.2) is 16.6 Å². The summed E-state index contributed by atoms with van der Waals surface area (Å²) in [7, 11) is 0. The highest BCUT2D eigenvalue weighted by Crippen LogP contribution is 2.04. The first-order chi connectivity index (χ1) is 5.29. The van der Waals surface area contributed by atoms with Gasteiger partial charge in [-0.3, -0.25) is 4.98 Å². The quantitative estimate of drug-likeness (QED) is 0.676. The molecule has 2 N–H and O–H groups in total. The fraction of sp³-hybridized carbons (Fsp3) is 0.143. The molecule has 58 valence electrons. The summed E-state index contributed by atoms with van der Waals surface area (Å²) in [5.74, 6) is 0.681. The number of nitrogens with two attached hydrogens (primary N) is 1. The first-order valence-corrected chi connectivity index (χ1v) is 3.51. The fourth-order valence-corrected chi connectivity index (χ4v) is 0.646. The van der Waals surface area contributed by atoms with Crippen molar-refractivity contribution in [2.75, 3.05) is 6.61 Å². The number of nitrogens with zero attached hydrogens (tertiary/aromatic N) is 1. The largest absolute Gasteiger partial charge is 0.485 e. The molecule has 0 aliphatic rings.